The number of halogens is 2. The SMILES string of the molecule is BrCCOc1ccc2cc(Br)ccc2c1. The molecule has 0 aliphatic rings. The van der Waals surface area contributed by atoms with Crippen molar-refractivity contribution in [3.63, 3.8) is 0 Å². The topological polar surface area (TPSA) is 9.23 Å². The third kappa shape index (κ3) is 2.73. The van der Waals surface area contributed by atoms with Crippen molar-refractivity contribution in [1.82, 2.24) is 0 Å². The second-order valence-electron chi connectivity index (χ2n) is 3.19. The van der Waals surface area contributed by atoms with E-state index in [2.05, 4.69) is 56.1 Å². The lowest BCUT2D eigenvalue weighted by molar-refractivity contribution is 0.345. The van der Waals surface area contributed by atoms with E-state index in [4.69, 9.17) is 4.74 Å². The Kier molecular flexibility index (Phi) is 3.65. The van der Waals surface area contributed by atoms with Crippen LogP contribution in [0.1, 0.15) is 0 Å². The van der Waals surface area contributed by atoms with Gasteiger partial charge >= 0.3 is 0 Å². The molecule has 0 amide bonds. The van der Waals surface area contributed by atoms with Crippen LogP contribution >= 0.6 is 31.9 Å². The zero-order chi connectivity index (χ0) is 10.7. The first-order valence-electron chi connectivity index (χ1n) is 4.68. The fourth-order valence-corrected chi connectivity index (χ4v) is 1.98. The van der Waals surface area contributed by atoms with Gasteiger partial charge in [0.2, 0.25) is 0 Å². The molecule has 0 saturated heterocycles. The molecule has 15 heavy (non-hydrogen) atoms. The molecule has 0 unspecified atom stereocenters. The number of benzene rings is 2. The van der Waals surface area contributed by atoms with E-state index in [0.29, 0.717) is 6.61 Å². The predicted octanol–water partition coefficient (Wildman–Crippen LogP) is 4.38. The molecule has 0 radical (unpaired) electrons. The Labute approximate surface area is 106 Å². The minimum Gasteiger partial charge on any atom is -0.493 e. The number of hydrogen-bond acceptors (Lipinski definition) is 1. The molecule has 0 aliphatic heterocycles. The van der Waals surface area contributed by atoms with E-state index in [9.17, 15) is 0 Å². The Hall–Kier alpha value is -0.540. The third-order valence-corrected chi connectivity index (χ3v) is 2.94. The molecule has 0 saturated carbocycles. The number of alkyl halides is 1. The molecule has 0 fully saturated rings. The maximum absolute atomic E-state index is 5.53. The second-order valence-corrected chi connectivity index (χ2v) is 4.90. The number of hydrogen-bond donors (Lipinski definition) is 0. The average molecular weight is 330 g/mol. The maximum atomic E-state index is 5.53. The fourth-order valence-electron chi connectivity index (χ4n) is 1.44. The van der Waals surface area contributed by atoms with Crippen LogP contribution in [0.5, 0.6) is 5.75 Å². The van der Waals surface area contributed by atoms with Crippen molar-refractivity contribution in [3.05, 3.63) is 40.9 Å². The van der Waals surface area contributed by atoms with Gasteiger partial charge < -0.3 is 4.74 Å². The molecule has 0 aliphatic carbocycles. The highest BCUT2D eigenvalue weighted by molar-refractivity contribution is 9.10. The third-order valence-electron chi connectivity index (χ3n) is 2.12. The summed E-state index contributed by atoms with van der Waals surface area (Å²) in [5.41, 5.74) is 0. The van der Waals surface area contributed by atoms with E-state index in [0.717, 1.165) is 15.6 Å². The molecule has 0 heterocycles. The number of ether oxygens (including phenoxy) is 1. The summed E-state index contributed by atoms with van der Waals surface area (Å²) in [7, 11) is 0. The van der Waals surface area contributed by atoms with Gasteiger partial charge in [-0.2, -0.15) is 0 Å². The van der Waals surface area contributed by atoms with E-state index in [-0.39, 0.29) is 0 Å². The zero-order valence-electron chi connectivity index (χ0n) is 8.04. The molecule has 0 aromatic heterocycles. The van der Waals surface area contributed by atoms with Crippen molar-refractivity contribution >= 4 is 42.6 Å². The summed E-state index contributed by atoms with van der Waals surface area (Å²) in [6.07, 6.45) is 0. The van der Waals surface area contributed by atoms with Crippen LogP contribution in [-0.2, 0) is 0 Å². The second kappa shape index (κ2) is 4.99. The molecule has 3 heteroatoms. The summed E-state index contributed by atoms with van der Waals surface area (Å²) in [5.74, 6) is 0.921. The molecule has 0 bridgehead atoms. The van der Waals surface area contributed by atoms with E-state index in [1.165, 1.54) is 10.8 Å². The van der Waals surface area contributed by atoms with Crippen molar-refractivity contribution in [2.45, 2.75) is 0 Å². The van der Waals surface area contributed by atoms with Crippen LogP contribution in [-0.4, -0.2) is 11.9 Å². The van der Waals surface area contributed by atoms with Gasteiger partial charge in [-0.05, 0) is 35.0 Å². The standard InChI is InChI=1S/C12H10Br2O/c13-5-6-15-12-4-2-9-7-11(14)3-1-10(9)8-12/h1-4,7-8H,5-6H2. The molecule has 78 valence electrons. The summed E-state index contributed by atoms with van der Waals surface area (Å²) in [6, 6.07) is 12.4. The van der Waals surface area contributed by atoms with E-state index in [1.807, 2.05) is 12.1 Å². The Morgan fingerprint density at radius 2 is 1.73 bits per heavy atom. The number of fused-ring (bicyclic) bond motifs is 1. The van der Waals surface area contributed by atoms with Crippen LogP contribution in [0, 0.1) is 0 Å². The lowest BCUT2D eigenvalue weighted by Gasteiger charge is -2.05. The maximum Gasteiger partial charge on any atom is 0.119 e. The lowest BCUT2D eigenvalue weighted by atomic mass is 10.1. The molecule has 1 nitrogen and oxygen atoms in total. The van der Waals surface area contributed by atoms with Crippen molar-refractivity contribution < 1.29 is 4.74 Å². The van der Waals surface area contributed by atoms with Gasteiger partial charge in [-0.3, -0.25) is 0 Å². The summed E-state index contributed by atoms with van der Waals surface area (Å²) in [4.78, 5) is 0. The largest absolute Gasteiger partial charge is 0.493 e. The Balaban J connectivity index is 2.34. The minimum absolute atomic E-state index is 0.696. The normalized spacial score (nSPS) is 10.5. The first kappa shape index (κ1) is 11.0. The van der Waals surface area contributed by atoms with Crippen molar-refractivity contribution in [2.75, 3.05) is 11.9 Å². The van der Waals surface area contributed by atoms with Gasteiger partial charge in [0.1, 0.15) is 5.75 Å². The van der Waals surface area contributed by atoms with Gasteiger partial charge in [-0.15, -0.1) is 0 Å². The van der Waals surface area contributed by atoms with Gasteiger partial charge in [0.05, 0.1) is 6.61 Å². The molecule has 0 atom stereocenters. The average Bonchev–Trinajstić information content (AvgIpc) is 2.26. The van der Waals surface area contributed by atoms with E-state index < -0.39 is 0 Å². The van der Waals surface area contributed by atoms with Gasteiger partial charge in [0, 0.05) is 9.80 Å². The summed E-state index contributed by atoms with van der Waals surface area (Å²) < 4.78 is 6.64. The van der Waals surface area contributed by atoms with Crippen molar-refractivity contribution in [3.8, 4) is 5.75 Å². The highest BCUT2D eigenvalue weighted by Gasteiger charge is 1.97. The van der Waals surface area contributed by atoms with Crippen LogP contribution in [0.2, 0.25) is 0 Å². The first-order valence-corrected chi connectivity index (χ1v) is 6.59. The van der Waals surface area contributed by atoms with E-state index >= 15 is 0 Å². The Morgan fingerprint density at radius 1 is 1.00 bits per heavy atom. The van der Waals surface area contributed by atoms with Gasteiger partial charge in [0.25, 0.3) is 0 Å². The van der Waals surface area contributed by atoms with Crippen LogP contribution in [0.4, 0.5) is 0 Å². The van der Waals surface area contributed by atoms with Crippen molar-refractivity contribution in [1.29, 1.82) is 0 Å². The van der Waals surface area contributed by atoms with Crippen LogP contribution in [0.25, 0.3) is 10.8 Å². The summed E-state index contributed by atoms with van der Waals surface area (Å²) in [6.45, 7) is 0.696. The van der Waals surface area contributed by atoms with Crippen LogP contribution in [0.3, 0.4) is 0 Å². The van der Waals surface area contributed by atoms with Crippen LogP contribution in [0.15, 0.2) is 40.9 Å². The van der Waals surface area contributed by atoms with Crippen molar-refractivity contribution in [2.24, 2.45) is 0 Å². The monoisotopic (exact) mass is 328 g/mol. The molecular formula is C12H10Br2O. The smallest absolute Gasteiger partial charge is 0.119 e. The molecule has 0 N–H and O–H groups in total. The lowest BCUT2D eigenvalue weighted by Crippen LogP contribution is -1.97. The molecule has 2 aromatic carbocycles. The molecule has 0 spiro atoms. The quantitative estimate of drug-likeness (QED) is 0.759. The zero-order valence-corrected chi connectivity index (χ0v) is 11.2. The summed E-state index contributed by atoms with van der Waals surface area (Å²) in [5, 5.41) is 3.27. The van der Waals surface area contributed by atoms with Gasteiger partial charge in [-0.1, -0.05) is 44.0 Å². The Bertz CT molecular complexity index is 468. The number of rotatable bonds is 3. The Morgan fingerprint density at radius 3 is 2.53 bits per heavy atom. The van der Waals surface area contributed by atoms with Crippen LogP contribution < -0.4 is 4.74 Å². The molecule has 2 rings (SSSR count). The summed E-state index contributed by atoms with van der Waals surface area (Å²) >= 11 is 6.79. The highest BCUT2D eigenvalue weighted by Crippen LogP contribution is 2.24. The fraction of sp³-hybridized carbons (Fsp3) is 0.167. The minimum atomic E-state index is 0.696. The van der Waals surface area contributed by atoms with Gasteiger partial charge in [-0.25, -0.2) is 0 Å². The molecule has 2 aromatic rings. The predicted molar refractivity (Wildman–Crippen MR) is 70.9 cm³/mol. The van der Waals surface area contributed by atoms with E-state index in [1.54, 1.807) is 0 Å². The highest BCUT2D eigenvalue weighted by atomic mass is 79.9. The molecular weight excluding hydrogens is 320 g/mol. The first-order chi connectivity index (χ1) is 7.29. The van der Waals surface area contributed by atoms with Gasteiger partial charge in [0.15, 0.2) is 0 Å².